The third-order valence-corrected chi connectivity index (χ3v) is 4.27. The van der Waals surface area contributed by atoms with Gasteiger partial charge in [-0.3, -0.25) is 9.67 Å². The molecule has 19 heavy (non-hydrogen) atoms. The van der Waals surface area contributed by atoms with Crippen LogP contribution in [-0.4, -0.2) is 14.8 Å². The second-order valence-corrected chi connectivity index (χ2v) is 5.72. The molecule has 100 valence electrons. The third kappa shape index (κ3) is 2.78. The highest BCUT2D eigenvalue weighted by Gasteiger charge is 2.17. The molecule has 1 aliphatic rings. The lowest BCUT2D eigenvalue weighted by Crippen LogP contribution is -2.15. The summed E-state index contributed by atoms with van der Waals surface area (Å²) in [6.07, 6.45) is 6.74. The Labute approximate surface area is 118 Å². The van der Waals surface area contributed by atoms with Crippen LogP contribution in [0.25, 0.3) is 11.4 Å². The maximum absolute atomic E-state index is 5.39. The summed E-state index contributed by atoms with van der Waals surface area (Å²) in [5.41, 5.74) is 1.13. The maximum Gasteiger partial charge on any atom is 0.195 e. The van der Waals surface area contributed by atoms with Crippen molar-refractivity contribution in [3.63, 3.8) is 0 Å². The van der Waals surface area contributed by atoms with Crippen molar-refractivity contribution in [3.8, 4) is 11.4 Å². The second kappa shape index (κ2) is 5.70. The van der Waals surface area contributed by atoms with Crippen LogP contribution in [0, 0.1) is 10.7 Å². The first kappa shape index (κ1) is 12.6. The van der Waals surface area contributed by atoms with Gasteiger partial charge in [-0.1, -0.05) is 49.6 Å². The van der Waals surface area contributed by atoms with Crippen molar-refractivity contribution in [2.45, 2.75) is 38.6 Å². The van der Waals surface area contributed by atoms with Crippen LogP contribution in [0.3, 0.4) is 0 Å². The van der Waals surface area contributed by atoms with Gasteiger partial charge in [0.05, 0.1) is 0 Å². The van der Waals surface area contributed by atoms with Gasteiger partial charge in [-0.2, -0.15) is 5.10 Å². The van der Waals surface area contributed by atoms with Crippen molar-refractivity contribution in [1.29, 1.82) is 0 Å². The summed E-state index contributed by atoms with van der Waals surface area (Å²) in [7, 11) is 0. The van der Waals surface area contributed by atoms with E-state index in [1.165, 1.54) is 32.1 Å². The summed E-state index contributed by atoms with van der Waals surface area (Å²) in [5, 5.41) is 7.34. The summed E-state index contributed by atoms with van der Waals surface area (Å²) in [6, 6.07) is 10.3. The minimum atomic E-state index is 0.740. The van der Waals surface area contributed by atoms with Crippen LogP contribution in [0.2, 0.25) is 0 Å². The van der Waals surface area contributed by atoms with E-state index in [1.807, 2.05) is 18.2 Å². The Kier molecular flexibility index (Phi) is 3.78. The highest BCUT2D eigenvalue weighted by molar-refractivity contribution is 7.71. The van der Waals surface area contributed by atoms with Crippen molar-refractivity contribution >= 4 is 12.2 Å². The van der Waals surface area contributed by atoms with E-state index in [1.54, 1.807) is 0 Å². The molecule has 3 nitrogen and oxygen atoms in total. The molecule has 1 heterocycles. The average Bonchev–Trinajstić information content (AvgIpc) is 2.82. The highest BCUT2D eigenvalue weighted by atomic mass is 32.1. The summed E-state index contributed by atoms with van der Waals surface area (Å²) in [6.45, 7) is 1.000. The lowest BCUT2D eigenvalue weighted by Gasteiger charge is -2.22. The SMILES string of the molecule is S=c1[nH]nc(-c2ccccc2)n1CC1CCCCC1. The van der Waals surface area contributed by atoms with Crippen LogP contribution in [-0.2, 0) is 6.54 Å². The molecule has 2 aromatic rings. The smallest absolute Gasteiger partial charge is 0.195 e. The molecule has 1 saturated carbocycles. The van der Waals surface area contributed by atoms with E-state index < -0.39 is 0 Å². The first-order chi connectivity index (χ1) is 9.34. The van der Waals surface area contributed by atoms with Gasteiger partial charge in [-0.15, -0.1) is 0 Å². The van der Waals surface area contributed by atoms with Gasteiger partial charge in [0.1, 0.15) is 0 Å². The number of hydrogen-bond acceptors (Lipinski definition) is 2. The number of benzene rings is 1. The molecule has 4 heteroatoms. The van der Waals surface area contributed by atoms with Crippen molar-refractivity contribution in [3.05, 3.63) is 35.1 Å². The molecule has 1 aromatic heterocycles. The Morgan fingerprint density at radius 2 is 1.89 bits per heavy atom. The number of nitrogens with one attached hydrogen (secondary N) is 1. The number of hydrogen-bond donors (Lipinski definition) is 1. The van der Waals surface area contributed by atoms with Gasteiger partial charge < -0.3 is 0 Å². The zero-order chi connectivity index (χ0) is 13.1. The number of aromatic amines is 1. The summed E-state index contributed by atoms with van der Waals surface area (Å²) < 4.78 is 2.91. The monoisotopic (exact) mass is 273 g/mol. The predicted octanol–water partition coefficient (Wildman–Crippen LogP) is 4.19. The third-order valence-electron chi connectivity index (χ3n) is 3.96. The topological polar surface area (TPSA) is 33.6 Å². The fourth-order valence-electron chi connectivity index (χ4n) is 2.92. The lowest BCUT2D eigenvalue weighted by molar-refractivity contribution is 0.319. The van der Waals surface area contributed by atoms with E-state index >= 15 is 0 Å². The molecular formula is C15H19N3S. The van der Waals surface area contributed by atoms with Crippen molar-refractivity contribution in [2.24, 2.45) is 5.92 Å². The molecule has 0 radical (unpaired) electrons. The van der Waals surface area contributed by atoms with E-state index in [4.69, 9.17) is 12.2 Å². The molecule has 1 N–H and O–H groups in total. The lowest BCUT2D eigenvalue weighted by atomic mass is 9.89. The predicted molar refractivity (Wildman–Crippen MR) is 79.4 cm³/mol. The largest absolute Gasteiger partial charge is 0.300 e. The van der Waals surface area contributed by atoms with E-state index in [9.17, 15) is 0 Å². The van der Waals surface area contributed by atoms with Gasteiger partial charge in [-0.25, -0.2) is 0 Å². The molecule has 1 aliphatic carbocycles. The van der Waals surface area contributed by atoms with Gasteiger partial charge in [0, 0.05) is 12.1 Å². The first-order valence-corrected chi connectivity index (χ1v) is 7.46. The molecule has 0 aliphatic heterocycles. The normalized spacial score (nSPS) is 16.6. The van der Waals surface area contributed by atoms with Crippen LogP contribution in [0.5, 0.6) is 0 Å². The van der Waals surface area contributed by atoms with Crippen molar-refractivity contribution in [2.75, 3.05) is 0 Å². The summed E-state index contributed by atoms with van der Waals surface area (Å²) in [5.74, 6) is 1.72. The quantitative estimate of drug-likeness (QED) is 0.851. The second-order valence-electron chi connectivity index (χ2n) is 5.33. The zero-order valence-corrected chi connectivity index (χ0v) is 11.8. The van der Waals surface area contributed by atoms with Gasteiger partial charge in [-0.05, 0) is 31.0 Å². The molecule has 0 bridgehead atoms. The highest BCUT2D eigenvalue weighted by Crippen LogP contribution is 2.27. The summed E-state index contributed by atoms with van der Waals surface area (Å²) in [4.78, 5) is 0. The number of nitrogens with zero attached hydrogens (tertiary/aromatic N) is 2. The van der Waals surface area contributed by atoms with Crippen molar-refractivity contribution < 1.29 is 0 Å². The Morgan fingerprint density at radius 3 is 2.63 bits per heavy atom. The molecule has 1 fully saturated rings. The number of H-pyrrole nitrogens is 1. The fraction of sp³-hybridized carbons (Fsp3) is 0.467. The Morgan fingerprint density at radius 1 is 1.16 bits per heavy atom. The van der Waals surface area contributed by atoms with Crippen LogP contribution in [0.1, 0.15) is 32.1 Å². The molecule has 0 spiro atoms. The Hall–Kier alpha value is -1.42. The van der Waals surface area contributed by atoms with E-state index in [2.05, 4.69) is 26.9 Å². The van der Waals surface area contributed by atoms with Gasteiger partial charge in [0.15, 0.2) is 10.6 Å². The van der Waals surface area contributed by atoms with Crippen LogP contribution in [0.15, 0.2) is 30.3 Å². The zero-order valence-electron chi connectivity index (χ0n) is 11.0. The van der Waals surface area contributed by atoms with Crippen molar-refractivity contribution in [1.82, 2.24) is 14.8 Å². The van der Waals surface area contributed by atoms with E-state index in [-0.39, 0.29) is 0 Å². The number of aromatic nitrogens is 3. The van der Waals surface area contributed by atoms with Crippen LogP contribution in [0.4, 0.5) is 0 Å². The fourth-order valence-corrected chi connectivity index (χ4v) is 3.13. The maximum atomic E-state index is 5.39. The van der Waals surface area contributed by atoms with Gasteiger partial charge in [0.2, 0.25) is 0 Å². The molecule has 0 unspecified atom stereocenters. The Balaban J connectivity index is 1.88. The minimum absolute atomic E-state index is 0.740. The van der Waals surface area contributed by atoms with Crippen LogP contribution < -0.4 is 0 Å². The summed E-state index contributed by atoms with van der Waals surface area (Å²) >= 11 is 5.39. The van der Waals surface area contributed by atoms with Gasteiger partial charge >= 0.3 is 0 Å². The van der Waals surface area contributed by atoms with E-state index in [0.717, 1.165) is 28.6 Å². The first-order valence-electron chi connectivity index (χ1n) is 7.05. The molecular weight excluding hydrogens is 254 g/mol. The van der Waals surface area contributed by atoms with E-state index in [0.29, 0.717) is 0 Å². The molecule has 3 rings (SSSR count). The molecule has 1 aromatic carbocycles. The standard InChI is InChI=1S/C15H19N3S/c19-15-17-16-14(13-9-5-2-6-10-13)18(15)11-12-7-3-1-4-8-12/h2,5-6,9-10,12H,1,3-4,7-8,11H2,(H,17,19). The average molecular weight is 273 g/mol. The van der Waals surface area contributed by atoms with Gasteiger partial charge in [0.25, 0.3) is 0 Å². The Bertz CT molecular complexity index is 579. The molecule has 0 atom stereocenters. The molecule has 0 saturated heterocycles. The van der Waals surface area contributed by atoms with Crippen LogP contribution >= 0.6 is 12.2 Å². The molecule has 0 amide bonds. The number of rotatable bonds is 3. The minimum Gasteiger partial charge on any atom is -0.300 e.